The van der Waals surface area contributed by atoms with E-state index in [-0.39, 0.29) is 5.41 Å². The van der Waals surface area contributed by atoms with Crippen LogP contribution < -0.4 is 5.73 Å². The fourth-order valence-corrected chi connectivity index (χ4v) is 2.26. The normalized spacial score (nSPS) is 30.7. The van der Waals surface area contributed by atoms with E-state index in [0.717, 1.165) is 11.6 Å². The Morgan fingerprint density at radius 2 is 2.00 bits per heavy atom. The Bertz CT molecular complexity index is 189. The molecule has 1 unspecified atom stereocenters. The van der Waals surface area contributed by atoms with Gasteiger partial charge in [-0.3, -0.25) is 0 Å². The zero-order chi connectivity index (χ0) is 8.65. The van der Waals surface area contributed by atoms with Gasteiger partial charge in [-0.1, -0.05) is 26.3 Å². The van der Waals surface area contributed by atoms with Gasteiger partial charge in [-0.15, -0.1) is 0 Å². The van der Waals surface area contributed by atoms with Crippen molar-refractivity contribution in [1.82, 2.24) is 0 Å². The standard InChI is InChI=1S/C10H19N/c1-7-5-8(2)9(11)10(3,4)6-7/h7H,5-6,11H2,1-4H3. The average Bonchev–Trinajstić information content (AvgIpc) is 1.81. The molecule has 0 radical (unpaired) electrons. The summed E-state index contributed by atoms with van der Waals surface area (Å²) in [5.41, 5.74) is 8.75. The monoisotopic (exact) mass is 153 g/mol. The fourth-order valence-electron chi connectivity index (χ4n) is 2.26. The van der Waals surface area contributed by atoms with Crippen LogP contribution in [-0.4, -0.2) is 0 Å². The zero-order valence-corrected chi connectivity index (χ0v) is 8.07. The SMILES string of the molecule is CC1=C(N)C(C)(C)CC(C)C1. The lowest BCUT2D eigenvalue weighted by Crippen LogP contribution is -2.29. The smallest absolute Gasteiger partial charge is 0.0127 e. The van der Waals surface area contributed by atoms with E-state index in [1.54, 1.807) is 0 Å². The van der Waals surface area contributed by atoms with Crippen LogP contribution in [0.5, 0.6) is 0 Å². The summed E-state index contributed by atoms with van der Waals surface area (Å²) in [4.78, 5) is 0. The van der Waals surface area contributed by atoms with Gasteiger partial charge in [0.25, 0.3) is 0 Å². The number of nitrogens with two attached hydrogens (primary N) is 1. The molecule has 0 heterocycles. The molecule has 0 bridgehead atoms. The lowest BCUT2D eigenvalue weighted by atomic mass is 9.72. The molecule has 0 aromatic carbocycles. The van der Waals surface area contributed by atoms with E-state index in [2.05, 4.69) is 27.7 Å². The molecule has 0 aliphatic heterocycles. The van der Waals surface area contributed by atoms with Crippen LogP contribution in [-0.2, 0) is 0 Å². The summed E-state index contributed by atoms with van der Waals surface area (Å²) in [7, 11) is 0. The van der Waals surface area contributed by atoms with Crippen molar-refractivity contribution in [2.75, 3.05) is 0 Å². The van der Waals surface area contributed by atoms with Crippen molar-refractivity contribution in [1.29, 1.82) is 0 Å². The number of allylic oxidation sites excluding steroid dienone is 2. The fraction of sp³-hybridized carbons (Fsp3) is 0.800. The number of rotatable bonds is 0. The minimum atomic E-state index is 0.238. The Morgan fingerprint density at radius 1 is 1.45 bits per heavy atom. The van der Waals surface area contributed by atoms with Crippen LogP contribution in [0.1, 0.15) is 40.5 Å². The molecule has 64 valence electrons. The summed E-state index contributed by atoms with van der Waals surface area (Å²) < 4.78 is 0. The van der Waals surface area contributed by atoms with Crippen LogP contribution in [0.3, 0.4) is 0 Å². The number of hydrogen-bond acceptors (Lipinski definition) is 1. The highest BCUT2D eigenvalue weighted by atomic mass is 14.6. The summed E-state index contributed by atoms with van der Waals surface area (Å²) in [5, 5.41) is 0. The van der Waals surface area contributed by atoms with Crippen molar-refractivity contribution in [2.24, 2.45) is 17.1 Å². The van der Waals surface area contributed by atoms with Gasteiger partial charge in [0.15, 0.2) is 0 Å². The summed E-state index contributed by atoms with van der Waals surface area (Å²) in [6.07, 6.45) is 2.42. The van der Waals surface area contributed by atoms with Crippen molar-refractivity contribution < 1.29 is 0 Å². The van der Waals surface area contributed by atoms with Gasteiger partial charge in [0.2, 0.25) is 0 Å². The lowest BCUT2D eigenvalue weighted by Gasteiger charge is -2.35. The summed E-state index contributed by atoms with van der Waals surface area (Å²) >= 11 is 0. The van der Waals surface area contributed by atoms with Crippen molar-refractivity contribution in [2.45, 2.75) is 40.5 Å². The molecule has 0 saturated heterocycles. The van der Waals surface area contributed by atoms with Gasteiger partial charge in [0, 0.05) is 11.1 Å². The van der Waals surface area contributed by atoms with Crippen LogP contribution in [0.25, 0.3) is 0 Å². The second-order valence-electron chi connectivity index (χ2n) is 4.59. The lowest BCUT2D eigenvalue weighted by molar-refractivity contribution is 0.296. The minimum absolute atomic E-state index is 0.238. The molecule has 0 spiro atoms. The highest BCUT2D eigenvalue weighted by Gasteiger charge is 2.29. The zero-order valence-electron chi connectivity index (χ0n) is 8.07. The third-order valence-electron chi connectivity index (χ3n) is 2.70. The first-order chi connectivity index (χ1) is 4.93. The Morgan fingerprint density at radius 3 is 2.45 bits per heavy atom. The van der Waals surface area contributed by atoms with Crippen LogP contribution in [0.15, 0.2) is 11.3 Å². The van der Waals surface area contributed by atoms with Gasteiger partial charge < -0.3 is 5.73 Å². The Kier molecular flexibility index (Phi) is 2.00. The van der Waals surface area contributed by atoms with Gasteiger partial charge in [0.1, 0.15) is 0 Å². The van der Waals surface area contributed by atoms with Crippen molar-refractivity contribution in [3.63, 3.8) is 0 Å². The van der Waals surface area contributed by atoms with Gasteiger partial charge in [-0.05, 0) is 25.7 Å². The van der Waals surface area contributed by atoms with Gasteiger partial charge in [-0.25, -0.2) is 0 Å². The maximum absolute atomic E-state index is 6.00. The third-order valence-corrected chi connectivity index (χ3v) is 2.70. The molecule has 0 amide bonds. The van der Waals surface area contributed by atoms with E-state index in [9.17, 15) is 0 Å². The van der Waals surface area contributed by atoms with Crippen molar-refractivity contribution in [3.8, 4) is 0 Å². The molecule has 1 rings (SSSR count). The third kappa shape index (κ3) is 1.58. The number of hydrogen-bond donors (Lipinski definition) is 1. The topological polar surface area (TPSA) is 26.0 Å². The Hall–Kier alpha value is -0.460. The molecule has 1 aliphatic carbocycles. The van der Waals surface area contributed by atoms with E-state index >= 15 is 0 Å². The quantitative estimate of drug-likeness (QED) is 0.569. The molecule has 0 aromatic rings. The molecule has 0 fully saturated rings. The van der Waals surface area contributed by atoms with Crippen LogP contribution in [0, 0.1) is 11.3 Å². The molecule has 2 N–H and O–H groups in total. The maximum atomic E-state index is 6.00. The molecule has 1 aliphatic rings. The van der Waals surface area contributed by atoms with Crippen LogP contribution in [0.2, 0.25) is 0 Å². The average molecular weight is 153 g/mol. The van der Waals surface area contributed by atoms with Gasteiger partial charge in [0.05, 0.1) is 0 Å². The summed E-state index contributed by atoms with van der Waals surface area (Å²) in [5.74, 6) is 0.803. The Labute approximate surface area is 69.7 Å². The highest BCUT2D eigenvalue weighted by Crippen LogP contribution is 2.39. The van der Waals surface area contributed by atoms with Crippen molar-refractivity contribution in [3.05, 3.63) is 11.3 Å². The minimum Gasteiger partial charge on any atom is -0.402 e. The van der Waals surface area contributed by atoms with E-state index in [1.807, 2.05) is 0 Å². The summed E-state index contributed by atoms with van der Waals surface area (Å²) in [6, 6.07) is 0. The van der Waals surface area contributed by atoms with E-state index in [1.165, 1.54) is 18.4 Å². The first-order valence-corrected chi connectivity index (χ1v) is 4.39. The molecular formula is C10H19N. The predicted molar refractivity (Wildman–Crippen MR) is 49.1 cm³/mol. The molecule has 0 aromatic heterocycles. The highest BCUT2D eigenvalue weighted by molar-refractivity contribution is 5.19. The second-order valence-corrected chi connectivity index (χ2v) is 4.59. The second kappa shape index (κ2) is 2.54. The molecule has 1 heteroatoms. The Balaban J connectivity index is 2.93. The van der Waals surface area contributed by atoms with E-state index in [4.69, 9.17) is 5.73 Å². The molecular weight excluding hydrogens is 134 g/mol. The van der Waals surface area contributed by atoms with Crippen LogP contribution >= 0.6 is 0 Å². The maximum Gasteiger partial charge on any atom is 0.0127 e. The van der Waals surface area contributed by atoms with Gasteiger partial charge in [-0.2, -0.15) is 0 Å². The van der Waals surface area contributed by atoms with E-state index < -0.39 is 0 Å². The van der Waals surface area contributed by atoms with E-state index in [0.29, 0.717) is 0 Å². The van der Waals surface area contributed by atoms with Crippen LogP contribution in [0.4, 0.5) is 0 Å². The molecule has 0 saturated carbocycles. The summed E-state index contributed by atoms with van der Waals surface area (Å²) in [6.45, 7) is 8.94. The molecule has 1 nitrogen and oxygen atoms in total. The predicted octanol–water partition coefficient (Wildman–Crippen LogP) is 2.68. The first-order valence-electron chi connectivity index (χ1n) is 4.39. The largest absolute Gasteiger partial charge is 0.402 e. The van der Waals surface area contributed by atoms with Gasteiger partial charge >= 0.3 is 0 Å². The first kappa shape index (κ1) is 8.63. The molecule has 11 heavy (non-hydrogen) atoms. The van der Waals surface area contributed by atoms with Crippen molar-refractivity contribution >= 4 is 0 Å². The molecule has 1 atom stereocenters.